The summed E-state index contributed by atoms with van der Waals surface area (Å²) in [7, 11) is 0. The van der Waals surface area contributed by atoms with E-state index in [2.05, 4.69) is 0 Å². The van der Waals surface area contributed by atoms with Gasteiger partial charge in [0.15, 0.2) is 0 Å². The molecule has 148 valence electrons. The maximum absolute atomic E-state index is 12.4. The molecule has 0 saturated carbocycles. The van der Waals surface area contributed by atoms with Gasteiger partial charge in [0, 0.05) is 6.42 Å². The van der Waals surface area contributed by atoms with Crippen LogP contribution >= 0.6 is 0 Å². The highest BCUT2D eigenvalue weighted by Gasteiger charge is 2.38. The smallest absolute Gasteiger partial charge is 0.319 e. The third kappa shape index (κ3) is 6.67. The molecule has 0 radical (unpaired) electrons. The predicted octanol–water partition coefficient (Wildman–Crippen LogP) is 1.98. The van der Waals surface area contributed by atoms with E-state index in [1.165, 1.54) is 0 Å². The zero-order chi connectivity index (χ0) is 20.0. The molecule has 0 aliphatic carbocycles. The van der Waals surface area contributed by atoms with E-state index in [-0.39, 0.29) is 25.4 Å². The van der Waals surface area contributed by atoms with Crippen molar-refractivity contribution in [3.05, 3.63) is 35.9 Å². The molecule has 0 unspecified atom stereocenters. The number of hydrazine groups is 1. The summed E-state index contributed by atoms with van der Waals surface area (Å²) in [5.41, 5.74) is 0.364. The summed E-state index contributed by atoms with van der Waals surface area (Å²) in [6.07, 6.45) is 0.903. The van der Waals surface area contributed by atoms with Gasteiger partial charge in [-0.25, -0.2) is 5.84 Å². The number of nitrogens with two attached hydrogens (primary N) is 1. The molecule has 7 heteroatoms. The molecule has 1 fully saturated rings. The highest BCUT2D eigenvalue weighted by Crippen LogP contribution is 2.22. The molecule has 1 saturated heterocycles. The highest BCUT2D eigenvalue weighted by molar-refractivity contribution is 5.97. The number of benzene rings is 1. The highest BCUT2D eigenvalue weighted by atomic mass is 16.6. The first-order chi connectivity index (χ1) is 12.7. The van der Waals surface area contributed by atoms with E-state index >= 15 is 0 Å². The number of carbonyl (C=O) groups excluding carboxylic acids is 3. The van der Waals surface area contributed by atoms with Crippen molar-refractivity contribution in [3.8, 4) is 0 Å². The van der Waals surface area contributed by atoms with Gasteiger partial charge in [-0.15, -0.1) is 0 Å². The Labute approximate surface area is 159 Å². The second-order valence-electron chi connectivity index (χ2n) is 7.75. The Morgan fingerprint density at radius 2 is 1.85 bits per heavy atom. The van der Waals surface area contributed by atoms with Crippen LogP contribution in [-0.4, -0.2) is 41.1 Å². The lowest BCUT2D eigenvalue weighted by Crippen LogP contribution is -2.46. The van der Waals surface area contributed by atoms with Gasteiger partial charge in [0.1, 0.15) is 17.6 Å². The number of rotatable bonds is 5. The van der Waals surface area contributed by atoms with Gasteiger partial charge in [-0.3, -0.25) is 19.4 Å². The average molecular weight is 376 g/mol. The van der Waals surface area contributed by atoms with Crippen LogP contribution < -0.4 is 5.84 Å². The summed E-state index contributed by atoms with van der Waals surface area (Å²) in [5.74, 6) is 3.36. The van der Waals surface area contributed by atoms with E-state index in [9.17, 15) is 14.4 Å². The van der Waals surface area contributed by atoms with Gasteiger partial charge in [0.2, 0.25) is 0 Å². The van der Waals surface area contributed by atoms with Crippen LogP contribution in [0.25, 0.3) is 0 Å². The zero-order valence-electron chi connectivity index (χ0n) is 16.1. The van der Waals surface area contributed by atoms with Crippen molar-refractivity contribution < 1.29 is 23.9 Å². The summed E-state index contributed by atoms with van der Waals surface area (Å²) < 4.78 is 10.8. The molecule has 1 heterocycles. The Morgan fingerprint density at radius 3 is 2.48 bits per heavy atom. The number of hydrogen-bond acceptors (Lipinski definition) is 6. The van der Waals surface area contributed by atoms with Crippen molar-refractivity contribution in [2.24, 2.45) is 11.8 Å². The Morgan fingerprint density at radius 1 is 1.19 bits per heavy atom. The summed E-state index contributed by atoms with van der Waals surface area (Å²) in [5, 5.41) is 0.955. The Balaban J connectivity index is 1.89. The Hall–Kier alpha value is -2.41. The quantitative estimate of drug-likeness (QED) is 0.365. The number of amides is 1. The summed E-state index contributed by atoms with van der Waals surface area (Å²) in [6.45, 7) is 5.28. The van der Waals surface area contributed by atoms with Gasteiger partial charge in [-0.2, -0.15) is 0 Å². The fourth-order valence-corrected chi connectivity index (χ4v) is 2.90. The van der Waals surface area contributed by atoms with Crippen molar-refractivity contribution in [2.45, 2.75) is 58.2 Å². The van der Waals surface area contributed by atoms with Gasteiger partial charge in [0.05, 0.1) is 6.54 Å². The van der Waals surface area contributed by atoms with E-state index in [0.29, 0.717) is 12.8 Å². The minimum atomic E-state index is -0.970. The molecule has 7 nitrogen and oxygen atoms in total. The summed E-state index contributed by atoms with van der Waals surface area (Å²) in [6, 6.07) is 9.65. The second kappa shape index (κ2) is 8.99. The lowest BCUT2D eigenvalue weighted by atomic mass is 10.0. The monoisotopic (exact) mass is 376 g/mol. The molecule has 0 spiro atoms. The van der Waals surface area contributed by atoms with Crippen LogP contribution in [0.4, 0.5) is 0 Å². The van der Waals surface area contributed by atoms with Crippen molar-refractivity contribution in [1.82, 2.24) is 5.01 Å². The molecule has 2 atom stereocenters. The fourth-order valence-electron chi connectivity index (χ4n) is 2.90. The first kappa shape index (κ1) is 20.9. The second-order valence-corrected chi connectivity index (χ2v) is 7.75. The lowest BCUT2D eigenvalue weighted by Gasteiger charge is -2.24. The van der Waals surface area contributed by atoms with E-state index in [1.54, 1.807) is 20.8 Å². The van der Waals surface area contributed by atoms with Crippen LogP contribution in [0.5, 0.6) is 0 Å². The molecule has 1 aromatic rings. The zero-order valence-corrected chi connectivity index (χ0v) is 16.1. The molecule has 1 amide bonds. The molecule has 0 bridgehead atoms. The summed E-state index contributed by atoms with van der Waals surface area (Å²) in [4.78, 5) is 36.8. The van der Waals surface area contributed by atoms with Gasteiger partial charge in [-0.05, 0) is 45.6 Å². The minimum absolute atomic E-state index is 0.0647. The maximum Gasteiger partial charge on any atom is 0.319 e. The van der Waals surface area contributed by atoms with Crippen LogP contribution in [0.1, 0.15) is 45.6 Å². The van der Waals surface area contributed by atoms with Gasteiger partial charge >= 0.3 is 11.9 Å². The Kier molecular flexibility index (Phi) is 6.96. The standard InChI is InChI=1S/C20H28N2O5/c1-20(2,3)27-19(25)16-11-10-15(13-22(21)18(16)24)26-17(23)12-9-14-7-5-4-6-8-14/h4-8,15-16H,9-13,21H2,1-3H3/t15-,16+/m1/s1. The van der Waals surface area contributed by atoms with Crippen LogP contribution in [0.3, 0.4) is 0 Å². The van der Waals surface area contributed by atoms with Crippen LogP contribution in [0.15, 0.2) is 30.3 Å². The molecule has 2 rings (SSSR count). The topological polar surface area (TPSA) is 98.9 Å². The van der Waals surface area contributed by atoms with E-state index < -0.39 is 29.5 Å². The third-order valence-electron chi connectivity index (χ3n) is 4.21. The van der Waals surface area contributed by atoms with Gasteiger partial charge < -0.3 is 9.47 Å². The number of esters is 2. The lowest BCUT2D eigenvalue weighted by molar-refractivity contribution is -0.165. The minimum Gasteiger partial charge on any atom is -0.460 e. The van der Waals surface area contributed by atoms with Gasteiger partial charge in [-0.1, -0.05) is 30.3 Å². The van der Waals surface area contributed by atoms with Crippen molar-refractivity contribution >= 4 is 17.8 Å². The normalized spacial score (nSPS) is 20.7. The maximum atomic E-state index is 12.4. The number of nitrogens with zero attached hydrogens (tertiary/aromatic N) is 1. The molecular formula is C20H28N2O5. The largest absolute Gasteiger partial charge is 0.460 e. The molecular weight excluding hydrogens is 348 g/mol. The SMILES string of the molecule is CC(C)(C)OC(=O)[C@H]1CC[C@@H](OC(=O)CCc2ccccc2)CN(N)C1=O. The molecule has 2 N–H and O–H groups in total. The first-order valence-corrected chi connectivity index (χ1v) is 9.18. The molecule has 1 aliphatic heterocycles. The van der Waals surface area contributed by atoms with Crippen molar-refractivity contribution in [1.29, 1.82) is 0 Å². The fraction of sp³-hybridized carbons (Fsp3) is 0.550. The predicted molar refractivity (Wildman–Crippen MR) is 99.1 cm³/mol. The Bertz CT molecular complexity index is 669. The number of carbonyl (C=O) groups is 3. The van der Waals surface area contributed by atoms with Crippen LogP contribution in [-0.2, 0) is 30.3 Å². The third-order valence-corrected chi connectivity index (χ3v) is 4.21. The molecule has 0 aromatic heterocycles. The summed E-state index contributed by atoms with van der Waals surface area (Å²) >= 11 is 0. The number of ether oxygens (including phenoxy) is 2. The average Bonchev–Trinajstić information content (AvgIpc) is 2.72. The van der Waals surface area contributed by atoms with E-state index in [0.717, 1.165) is 10.6 Å². The van der Waals surface area contributed by atoms with E-state index in [1.807, 2.05) is 30.3 Å². The van der Waals surface area contributed by atoms with Gasteiger partial charge in [0.25, 0.3) is 5.91 Å². The molecule has 1 aromatic carbocycles. The van der Waals surface area contributed by atoms with Crippen LogP contribution in [0.2, 0.25) is 0 Å². The van der Waals surface area contributed by atoms with Crippen molar-refractivity contribution in [3.63, 3.8) is 0 Å². The van der Waals surface area contributed by atoms with Crippen molar-refractivity contribution in [2.75, 3.05) is 6.54 Å². The number of hydrogen-bond donors (Lipinski definition) is 1. The first-order valence-electron chi connectivity index (χ1n) is 9.18. The number of aryl methyl sites for hydroxylation is 1. The molecule has 1 aliphatic rings. The van der Waals surface area contributed by atoms with E-state index in [4.69, 9.17) is 15.3 Å². The van der Waals surface area contributed by atoms with Crippen LogP contribution in [0, 0.1) is 5.92 Å². The molecule has 27 heavy (non-hydrogen) atoms.